The number of aromatic nitrogens is 3. The number of hydroxylamine groups is 4. The van der Waals surface area contributed by atoms with E-state index in [1.54, 1.807) is 0 Å². The summed E-state index contributed by atoms with van der Waals surface area (Å²) in [6.07, 6.45) is 2.50. The van der Waals surface area contributed by atoms with Gasteiger partial charge in [0.25, 0.3) is 0 Å². The molecule has 194 valence electrons. The van der Waals surface area contributed by atoms with Crippen LogP contribution in [0.5, 0.6) is 6.01 Å². The minimum absolute atomic E-state index is 0.0178. The first-order chi connectivity index (χ1) is 15.6. The average Bonchev–Trinajstić information content (AvgIpc) is 2.67. The van der Waals surface area contributed by atoms with Gasteiger partial charge in [0.05, 0.1) is 6.61 Å². The molecule has 0 saturated carbocycles. The molecule has 11 heteroatoms. The van der Waals surface area contributed by atoms with E-state index in [1.807, 2.05) is 55.4 Å². The standard InChI is InChI=1S/C23H42N6O4S/c1-20(2)11-15(12-21(3,4)28(20)31)24-17-25-18(27-19(26-17)34-10-9-30)33-16-13-22(5,6)29(32)23(7,8)14-16/h15-16,30-32H,9-14H2,1-8H3,(H,24,25,26,27). The van der Waals surface area contributed by atoms with Crippen molar-refractivity contribution in [2.45, 2.75) is 121 Å². The summed E-state index contributed by atoms with van der Waals surface area (Å²) in [6, 6.07) is 0.286. The molecule has 0 radical (unpaired) electrons. The topological polar surface area (TPSA) is 127 Å². The fourth-order valence-electron chi connectivity index (χ4n) is 5.62. The van der Waals surface area contributed by atoms with Crippen LogP contribution in [0.1, 0.15) is 81.1 Å². The second-order valence-corrected chi connectivity index (χ2v) is 13.1. The Bertz CT molecular complexity index is 768. The van der Waals surface area contributed by atoms with Gasteiger partial charge >= 0.3 is 6.01 Å². The Labute approximate surface area is 207 Å². The molecule has 0 bridgehead atoms. The lowest BCUT2D eigenvalue weighted by Crippen LogP contribution is -2.61. The molecular formula is C23H42N6O4S. The average molecular weight is 499 g/mol. The molecule has 4 N–H and O–H groups in total. The largest absolute Gasteiger partial charge is 0.460 e. The summed E-state index contributed by atoms with van der Waals surface area (Å²) in [4.78, 5) is 13.6. The van der Waals surface area contributed by atoms with Crippen molar-refractivity contribution in [2.75, 3.05) is 17.7 Å². The van der Waals surface area contributed by atoms with E-state index in [1.165, 1.54) is 21.9 Å². The number of nitrogens with zero attached hydrogens (tertiary/aromatic N) is 5. The first-order valence-corrected chi connectivity index (χ1v) is 13.0. The third-order valence-electron chi connectivity index (χ3n) is 6.76. The van der Waals surface area contributed by atoms with Gasteiger partial charge in [-0.15, -0.1) is 0 Å². The van der Waals surface area contributed by atoms with Crippen LogP contribution in [0, 0.1) is 0 Å². The summed E-state index contributed by atoms with van der Waals surface area (Å²) in [5.74, 6) is 0.890. The predicted molar refractivity (Wildman–Crippen MR) is 131 cm³/mol. The Morgan fingerprint density at radius 2 is 1.35 bits per heavy atom. The van der Waals surface area contributed by atoms with Crippen LogP contribution in [0.3, 0.4) is 0 Å². The summed E-state index contributed by atoms with van der Waals surface area (Å²) in [5, 5.41) is 37.3. The first-order valence-electron chi connectivity index (χ1n) is 12.0. The third-order valence-corrected chi connectivity index (χ3v) is 7.59. The summed E-state index contributed by atoms with van der Waals surface area (Å²) < 4.78 is 6.26. The van der Waals surface area contributed by atoms with Gasteiger partial charge in [0.2, 0.25) is 5.95 Å². The first kappa shape index (κ1) is 27.3. The molecule has 3 heterocycles. The molecule has 1 aromatic rings. The second kappa shape index (κ2) is 9.67. The highest BCUT2D eigenvalue weighted by molar-refractivity contribution is 7.99. The number of rotatable bonds is 7. The Hall–Kier alpha value is -1.24. The number of ether oxygens (including phenoxy) is 1. The Balaban J connectivity index is 1.83. The molecule has 10 nitrogen and oxygen atoms in total. The van der Waals surface area contributed by atoms with E-state index in [0.29, 0.717) is 42.5 Å². The molecule has 34 heavy (non-hydrogen) atoms. The van der Waals surface area contributed by atoms with Gasteiger partial charge in [-0.2, -0.15) is 25.1 Å². The number of nitrogens with one attached hydrogen (secondary N) is 1. The number of aliphatic hydroxyl groups excluding tert-OH is 1. The molecule has 3 rings (SSSR count). The van der Waals surface area contributed by atoms with Gasteiger partial charge in [-0.05, 0) is 68.2 Å². The van der Waals surface area contributed by atoms with Crippen molar-refractivity contribution in [1.82, 2.24) is 25.1 Å². The van der Waals surface area contributed by atoms with Crippen LogP contribution in [0.4, 0.5) is 5.95 Å². The van der Waals surface area contributed by atoms with Gasteiger partial charge in [-0.3, -0.25) is 0 Å². The van der Waals surface area contributed by atoms with Crippen molar-refractivity contribution in [2.24, 2.45) is 0 Å². The zero-order chi connectivity index (χ0) is 25.5. The van der Waals surface area contributed by atoms with Crippen molar-refractivity contribution in [3.63, 3.8) is 0 Å². The van der Waals surface area contributed by atoms with Crippen molar-refractivity contribution in [1.29, 1.82) is 0 Å². The van der Waals surface area contributed by atoms with Crippen molar-refractivity contribution in [3.05, 3.63) is 0 Å². The molecule has 2 saturated heterocycles. The monoisotopic (exact) mass is 498 g/mol. The fraction of sp³-hybridized carbons (Fsp3) is 0.870. The van der Waals surface area contributed by atoms with E-state index < -0.39 is 22.2 Å². The zero-order valence-corrected chi connectivity index (χ0v) is 22.6. The van der Waals surface area contributed by atoms with Crippen LogP contribution < -0.4 is 10.1 Å². The molecule has 2 fully saturated rings. The van der Waals surface area contributed by atoms with E-state index in [9.17, 15) is 15.5 Å². The Morgan fingerprint density at radius 1 is 0.853 bits per heavy atom. The molecule has 0 aliphatic carbocycles. The SMILES string of the molecule is CC1(C)CC(Nc2nc(OC3CC(C)(C)N(O)C(C)(C)C3)nc(SCCO)n2)CC(C)(C)N1O. The highest BCUT2D eigenvalue weighted by atomic mass is 32.2. The maximum absolute atomic E-state index is 10.6. The van der Waals surface area contributed by atoms with E-state index in [-0.39, 0.29) is 24.8 Å². The Kier molecular flexibility index (Phi) is 7.77. The van der Waals surface area contributed by atoms with Crippen LogP contribution in [0.2, 0.25) is 0 Å². The smallest absolute Gasteiger partial charge is 0.322 e. The Morgan fingerprint density at radius 3 is 1.85 bits per heavy atom. The lowest BCUT2D eigenvalue weighted by molar-refractivity contribution is -0.255. The van der Waals surface area contributed by atoms with Crippen molar-refractivity contribution in [3.8, 4) is 6.01 Å². The molecule has 0 unspecified atom stereocenters. The minimum Gasteiger partial charge on any atom is -0.460 e. The normalized spacial score (nSPS) is 25.3. The number of piperidine rings is 2. The minimum atomic E-state index is -0.454. The highest BCUT2D eigenvalue weighted by Gasteiger charge is 2.47. The molecule has 0 atom stereocenters. The summed E-state index contributed by atoms with van der Waals surface area (Å²) >= 11 is 1.34. The van der Waals surface area contributed by atoms with E-state index >= 15 is 0 Å². The van der Waals surface area contributed by atoms with Gasteiger partial charge in [0.1, 0.15) is 6.10 Å². The summed E-state index contributed by atoms with van der Waals surface area (Å²) in [5.41, 5.74) is -1.72. The third kappa shape index (κ3) is 6.11. The van der Waals surface area contributed by atoms with Crippen LogP contribution in [-0.2, 0) is 0 Å². The van der Waals surface area contributed by atoms with Crippen molar-refractivity contribution >= 4 is 17.7 Å². The maximum Gasteiger partial charge on any atom is 0.322 e. The van der Waals surface area contributed by atoms with E-state index in [4.69, 9.17) is 4.74 Å². The number of aliphatic hydroxyl groups is 1. The summed E-state index contributed by atoms with van der Waals surface area (Å²) in [6.45, 7) is 16.1. The van der Waals surface area contributed by atoms with Gasteiger partial charge in [0, 0.05) is 46.8 Å². The molecule has 2 aliphatic rings. The predicted octanol–water partition coefficient (Wildman–Crippen LogP) is 3.57. The molecule has 0 spiro atoms. The molecule has 0 amide bonds. The lowest BCUT2D eigenvalue weighted by Gasteiger charge is -2.51. The van der Waals surface area contributed by atoms with Crippen LogP contribution in [0.15, 0.2) is 5.16 Å². The quantitative estimate of drug-likeness (QED) is 0.412. The number of hydrogen-bond acceptors (Lipinski definition) is 11. The number of thioether (sulfide) groups is 1. The van der Waals surface area contributed by atoms with Gasteiger partial charge < -0.3 is 25.6 Å². The van der Waals surface area contributed by atoms with Crippen LogP contribution >= 0.6 is 11.8 Å². The van der Waals surface area contributed by atoms with Crippen LogP contribution in [0.25, 0.3) is 0 Å². The van der Waals surface area contributed by atoms with E-state index in [0.717, 1.165) is 0 Å². The van der Waals surface area contributed by atoms with Gasteiger partial charge in [-0.25, -0.2) is 0 Å². The summed E-state index contributed by atoms with van der Waals surface area (Å²) in [7, 11) is 0. The van der Waals surface area contributed by atoms with Gasteiger partial charge in [-0.1, -0.05) is 11.8 Å². The molecule has 2 aliphatic heterocycles. The van der Waals surface area contributed by atoms with Crippen LogP contribution in [-0.4, -0.2) is 87.3 Å². The second-order valence-electron chi connectivity index (χ2n) is 12.1. The fourth-order valence-corrected chi connectivity index (χ4v) is 6.19. The number of anilines is 1. The molecule has 1 aromatic heterocycles. The molecule has 0 aromatic carbocycles. The highest BCUT2D eigenvalue weighted by Crippen LogP contribution is 2.39. The number of hydrogen-bond donors (Lipinski definition) is 4. The zero-order valence-electron chi connectivity index (χ0n) is 21.8. The van der Waals surface area contributed by atoms with Crippen molar-refractivity contribution < 1.29 is 20.3 Å². The van der Waals surface area contributed by atoms with Gasteiger partial charge in [0.15, 0.2) is 5.16 Å². The lowest BCUT2D eigenvalue weighted by atomic mass is 9.79. The van der Waals surface area contributed by atoms with E-state index in [2.05, 4.69) is 20.3 Å². The molecular weight excluding hydrogens is 456 g/mol. The maximum atomic E-state index is 10.6.